The normalized spacial score (nSPS) is 18.0. The predicted octanol–water partition coefficient (Wildman–Crippen LogP) is 5.60. The van der Waals surface area contributed by atoms with Crippen molar-refractivity contribution in [2.24, 2.45) is 0 Å². The van der Waals surface area contributed by atoms with Gasteiger partial charge in [-0.2, -0.15) is 5.26 Å². The number of hydrogen-bond donors (Lipinski definition) is 0. The number of carbonyl (C=O) groups is 1. The Labute approximate surface area is 213 Å². The van der Waals surface area contributed by atoms with Crippen LogP contribution in [0.5, 0.6) is 0 Å². The molecule has 1 amide bonds. The predicted molar refractivity (Wildman–Crippen MR) is 145 cm³/mol. The summed E-state index contributed by atoms with van der Waals surface area (Å²) in [6, 6.07) is 2.13. The Bertz CT molecular complexity index is 1050. The van der Waals surface area contributed by atoms with E-state index in [-0.39, 0.29) is 17.0 Å². The Morgan fingerprint density at radius 3 is 2.35 bits per heavy atom. The van der Waals surface area contributed by atoms with Gasteiger partial charge in [0.15, 0.2) is 0 Å². The van der Waals surface area contributed by atoms with Crippen molar-refractivity contribution in [3.63, 3.8) is 0 Å². The van der Waals surface area contributed by atoms with Gasteiger partial charge < -0.3 is 4.90 Å². The van der Waals surface area contributed by atoms with Crippen LogP contribution in [0.4, 0.5) is 5.82 Å². The number of rotatable bonds is 9. The molecule has 2 aliphatic rings. The van der Waals surface area contributed by atoms with Crippen LogP contribution >= 0.6 is 24.0 Å². The number of anilines is 1. The summed E-state index contributed by atoms with van der Waals surface area (Å²) in [7, 11) is 0. The maximum atomic E-state index is 13.3. The molecule has 0 unspecified atom stereocenters. The molecule has 3 rings (SSSR count). The van der Waals surface area contributed by atoms with Gasteiger partial charge in [-0.3, -0.25) is 19.1 Å². The number of amides is 1. The SMILES string of the molecule is CCCCCCN1C(=O)/C(=C/c2c(C)c(C#N)c(=O)n(CCC)c2N2CCCCCC2)SC1=S. The van der Waals surface area contributed by atoms with Crippen LogP contribution in [0, 0.1) is 18.3 Å². The van der Waals surface area contributed by atoms with Crippen molar-refractivity contribution in [1.82, 2.24) is 9.47 Å². The van der Waals surface area contributed by atoms with Crippen LogP contribution < -0.4 is 10.5 Å². The maximum absolute atomic E-state index is 13.3. The van der Waals surface area contributed by atoms with E-state index < -0.39 is 0 Å². The Morgan fingerprint density at radius 1 is 1.03 bits per heavy atom. The Balaban J connectivity index is 2.09. The third-order valence-corrected chi connectivity index (χ3v) is 7.96. The Kier molecular flexibility index (Phi) is 9.78. The monoisotopic (exact) mass is 500 g/mol. The van der Waals surface area contributed by atoms with Gasteiger partial charge in [-0.1, -0.05) is 69.9 Å². The van der Waals surface area contributed by atoms with Gasteiger partial charge in [0, 0.05) is 31.7 Å². The summed E-state index contributed by atoms with van der Waals surface area (Å²) in [5.74, 6) is 0.776. The summed E-state index contributed by atoms with van der Waals surface area (Å²) >= 11 is 6.87. The molecule has 2 fully saturated rings. The van der Waals surface area contributed by atoms with Crippen LogP contribution in [0.3, 0.4) is 0 Å². The van der Waals surface area contributed by atoms with Gasteiger partial charge in [0.2, 0.25) is 0 Å². The van der Waals surface area contributed by atoms with Crippen LogP contribution in [0.15, 0.2) is 9.70 Å². The van der Waals surface area contributed by atoms with Crippen molar-refractivity contribution < 1.29 is 4.79 Å². The van der Waals surface area contributed by atoms with Crippen LogP contribution in [-0.2, 0) is 11.3 Å². The highest BCUT2D eigenvalue weighted by molar-refractivity contribution is 8.26. The van der Waals surface area contributed by atoms with E-state index in [2.05, 4.69) is 17.9 Å². The lowest BCUT2D eigenvalue weighted by Crippen LogP contribution is -2.35. The van der Waals surface area contributed by atoms with Crippen molar-refractivity contribution >= 4 is 46.1 Å². The fourth-order valence-corrected chi connectivity index (χ4v) is 6.01. The van der Waals surface area contributed by atoms with Crippen molar-refractivity contribution in [2.45, 2.75) is 85.1 Å². The lowest BCUT2D eigenvalue weighted by Gasteiger charge is -2.29. The molecule has 0 spiro atoms. The van der Waals surface area contributed by atoms with Gasteiger partial charge in [-0.05, 0) is 44.2 Å². The van der Waals surface area contributed by atoms with Crippen LogP contribution in [0.25, 0.3) is 6.08 Å². The van der Waals surface area contributed by atoms with Gasteiger partial charge in [0.05, 0.1) is 4.91 Å². The summed E-state index contributed by atoms with van der Waals surface area (Å²) in [5, 5.41) is 9.80. The molecular formula is C26H36N4O2S2. The molecule has 8 heteroatoms. The molecule has 2 saturated heterocycles. The summed E-state index contributed by atoms with van der Waals surface area (Å²) in [4.78, 5) is 31.1. The van der Waals surface area contributed by atoms with E-state index >= 15 is 0 Å². The first kappa shape index (κ1) is 26.5. The Hall–Kier alpha value is -2.11. The molecule has 1 aromatic heterocycles. The quantitative estimate of drug-likeness (QED) is 0.250. The molecule has 0 saturated carbocycles. The topological polar surface area (TPSA) is 69.3 Å². The first-order valence-electron chi connectivity index (χ1n) is 12.6. The number of thioether (sulfide) groups is 1. The van der Waals surface area contributed by atoms with Crippen LogP contribution in [0.2, 0.25) is 0 Å². The second-order valence-corrected chi connectivity index (χ2v) is 10.8. The Morgan fingerprint density at radius 2 is 1.74 bits per heavy atom. The van der Waals surface area contributed by atoms with E-state index in [9.17, 15) is 14.9 Å². The summed E-state index contributed by atoms with van der Waals surface area (Å²) in [6.07, 6.45) is 11.5. The second kappa shape index (κ2) is 12.6. The summed E-state index contributed by atoms with van der Waals surface area (Å²) in [6.45, 7) is 8.95. The maximum Gasteiger partial charge on any atom is 0.270 e. The van der Waals surface area contributed by atoms with Gasteiger partial charge >= 0.3 is 0 Å². The molecule has 0 N–H and O–H groups in total. The molecule has 0 aliphatic carbocycles. The number of unbranched alkanes of at least 4 members (excludes halogenated alkanes) is 3. The molecule has 184 valence electrons. The van der Waals surface area contributed by atoms with E-state index in [1.54, 1.807) is 9.47 Å². The van der Waals surface area contributed by atoms with Gasteiger partial charge in [-0.25, -0.2) is 0 Å². The molecular weight excluding hydrogens is 464 g/mol. The lowest BCUT2D eigenvalue weighted by molar-refractivity contribution is -0.122. The average molecular weight is 501 g/mol. The summed E-state index contributed by atoms with van der Waals surface area (Å²) < 4.78 is 2.35. The molecule has 34 heavy (non-hydrogen) atoms. The van der Waals surface area contributed by atoms with E-state index in [0.29, 0.717) is 27.9 Å². The number of nitrogens with zero attached hydrogens (tertiary/aromatic N) is 4. The molecule has 0 aromatic carbocycles. The van der Waals surface area contributed by atoms with Crippen LogP contribution in [0.1, 0.15) is 88.3 Å². The zero-order chi connectivity index (χ0) is 24.7. The number of thiocarbonyl (C=S) groups is 1. The minimum Gasteiger partial charge on any atom is -0.357 e. The third kappa shape index (κ3) is 5.75. The second-order valence-electron chi connectivity index (χ2n) is 9.10. The van der Waals surface area contributed by atoms with E-state index in [4.69, 9.17) is 12.2 Å². The first-order valence-corrected chi connectivity index (χ1v) is 13.8. The molecule has 1 aromatic rings. The van der Waals surface area contributed by atoms with Crippen molar-refractivity contribution in [2.75, 3.05) is 24.5 Å². The highest BCUT2D eigenvalue weighted by atomic mass is 32.2. The summed E-state index contributed by atoms with van der Waals surface area (Å²) in [5.41, 5.74) is 1.38. The van der Waals surface area contributed by atoms with E-state index in [1.165, 1.54) is 24.6 Å². The molecule has 0 bridgehead atoms. The molecule has 2 aliphatic heterocycles. The zero-order valence-electron chi connectivity index (χ0n) is 20.7. The van der Waals surface area contributed by atoms with Crippen molar-refractivity contribution in [3.05, 3.63) is 31.9 Å². The smallest absolute Gasteiger partial charge is 0.270 e. The number of aromatic nitrogens is 1. The van der Waals surface area contributed by atoms with Gasteiger partial charge in [0.25, 0.3) is 11.5 Å². The molecule has 0 atom stereocenters. The standard InChI is InChI=1S/C26H36N4O2S2/c1-4-6-7-12-16-30-25(32)22(34-26(30)33)17-20-19(3)21(18-27)24(31)29(13-5-2)23(20)28-14-10-8-9-11-15-28/h17H,4-16H2,1-3H3/b22-17-. The highest BCUT2D eigenvalue weighted by Gasteiger charge is 2.33. The minimum atomic E-state index is -0.235. The molecule has 0 radical (unpaired) electrons. The highest BCUT2D eigenvalue weighted by Crippen LogP contribution is 2.36. The van der Waals surface area contributed by atoms with Crippen LogP contribution in [-0.4, -0.2) is 39.3 Å². The largest absolute Gasteiger partial charge is 0.357 e. The molecule has 6 nitrogen and oxygen atoms in total. The number of hydrogen-bond acceptors (Lipinski definition) is 6. The first-order chi connectivity index (χ1) is 16.4. The van der Waals surface area contributed by atoms with E-state index in [1.807, 2.05) is 19.9 Å². The van der Waals surface area contributed by atoms with E-state index in [0.717, 1.165) is 69.4 Å². The number of nitriles is 1. The number of pyridine rings is 1. The van der Waals surface area contributed by atoms with Crippen molar-refractivity contribution in [3.8, 4) is 6.07 Å². The third-order valence-electron chi connectivity index (χ3n) is 6.58. The lowest BCUT2D eigenvalue weighted by atomic mass is 10.0. The van der Waals surface area contributed by atoms with Gasteiger partial charge in [0.1, 0.15) is 21.8 Å². The minimum absolute atomic E-state index is 0.0699. The zero-order valence-corrected chi connectivity index (χ0v) is 22.3. The van der Waals surface area contributed by atoms with Gasteiger partial charge in [-0.15, -0.1) is 0 Å². The number of carbonyl (C=O) groups excluding carboxylic acids is 1. The fourth-order valence-electron chi connectivity index (χ4n) is 4.72. The van der Waals surface area contributed by atoms with Crippen molar-refractivity contribution in [1.29, 1.82) is 5.26 Å². The fraction of sp³-hybridized carbons (Fsp3) is 0.615. The molecule has 3 heterocycles. The average Bonchev–Trinajstić information content (AvgIpc) is 2.99.